The van der Waals surface area contributed by atoms with Gasteiger partial charge >= 0.3 is 6.18 Å². The topological polar surface area (TPSA) is 65.7 Å². The van der Waals surface area contributed by atoms with Gasteiger partial charge in [0.1, 0.15) is 11.6 Å². The van der Waals surface area contributed by atoms with Gasteiger partial charge in [0.25, 0.3) is 0 Å². The van der Waals surface area contributed by atoms with Crippen LogP contribution in [0.2, 0.25) is 0 Å². The second kappa shape index (κ2) is 7.91. The Kier molecular flexibility index (Phi) is 5.59. The van der Waals surface area contributed by atoms with Crippen LogP contribution in [-0.4, -0.2) is 22.3 Å². The molecule has 9 heteroatoms. The van der Waals surface area contributed by atoms with Crippen molar-refractivity contribution in [2.75, 3.05) is 12.4 Å². The van der Waals surface area contributed by atoms with Crippen molar-refractivity contribution < 1.29 is 17.9 Å². The maximum absolute atomic E-state index is 12.9. The fraction of sp³-hybridized carbons (Fsp3) is 0.167. The van der Waals surface area contributed by atoms with Gasteiger partial charge in [-0.15, -0.1) is 0 Å². The molecule has 5 nitrogen and oxygen atoms in total. The molecule has 3 rings (SSSR count). The Morgan fingerprint density at radius 3 is 2.78 bits per heavy atom. The molecule has 2 aromatic carbocycles. The van der Waals surface area contributed by atoms with Gasteiger partial charge in [-0.25, -0.2) is 0 Å². The average molecular weight is 441 g/mol. The van der Waals surface area contributed by atoms with Crippen LogP contribution in [0, 0.1) is 0 Å². The monoisotopic (exact) mass is 440 g/mol. The number of fused-ring (bicyclic) bond motifs is 1. The molecule has 0 aliphatic heterocycles. The summed E-state index contributed by atoms with van der Waals surface area (Å²) in [5.41, 5.74) is 0.469. The summed E-state index contributed by atoms with van der Waals surface area (Å²) in [6, 6.07) is 8.78. The Bertz CT molecular complexity index is 996. The van der Waals surface area contributed by atoms with E-state index in [4.69, 9.17) is 4.74 Å². The van der Waals surface area contributed by atoms with Crippen molar-refractivity contribution in [2.24, 2.45) is 0 Å². The molecule has 0 spiro atoms. The van der Waals surface area contributed by atoms with Gasteiger partial charge in [-0.3, -0.25) is 10.1 Å². The third kappa shape index (κ3) is 4.54. The number of H-pyrrole nitrogens is 2. The van der Waals surface area contributed by atoms with Gasteiger partial charge in [-0.05, 0) is 39.7 Å². The fourth-order valence-corrected chi connectivity index (χ4v) is 3.03. The highest BCUT2D eigenvalue weighted by atomic mass is 79.9. The Morgan fingerprint density at radius 2 is 2.04 bits per heavy atom. The minimum absolute atomic E-state index is 0.195. The third-order valence-corrected chi connectivity index (χ3v) is 4.45. The molecular weight excluding hydrogens is 425 g/mol. The molecule has 0 unspecified atom stereocenters. The van der Waals surface area contributed by atoms with E-state index in [1.54, 1.807) is 31.6 Å². The molecule has 3 aromatic rings. The normalized spacial score (nSPS) is 11.3. The molecule has 27 heavy (non-hydrogen) atoms. The fourth-order valence-electron chi connectivity index (χ4n) is 2.53. The molecule has 0 amide bonds. The number of nitrogens with zero attached hydrogens (tertiary/aromatic N) is 1. The number of nitrogens with one attached hydrogen (secondary N) is 3. The second-order valence-electron chi connectivity index (χ2n) is 5.64. The van der Waals surface area contributed by atoms with Crippen LogP contribution < -0.4 is 10.1 Å². The minimum Gasteiger partial charge on any atom is -0.495 e. The van der Waals surface area contributed by atoms with E-state index in [1.807, 2.05) is 6.07 Å². The van der Waals surface area contributed by atoms with Gasteiger partial charge in [-0.1, -0.05) is 12.1 Å². The Labute approximate surface area is 161 Å². The smallest absolute Gasteiger partial charge is 0.416 e. The molecule has 0 bridgehead atoms. The molecule has 142 valence electrons. The van der Waals surface area contributed by atoms with E-state index in [-0.39, 0.29) is 6.54 Å². The quantitative estimate of drug-likeness (QED) is 0.507. The number of methoxy groups -OCH3 is 1. The summed E-state index contributed by atoms with van der Waals surface area (Å²) in [5.74, 6) is 1.19. The number of aromatic nitrogens is 3. The SMILES string of the molecule is COc1cc2ncc[nH][nH]c(NCc3cccc(C(F)(F)F)c3)c2cc1Br. The van der Waals surface area contributed by atoms with E-state index in [0.29, 0.717) is 22.6 Å². The number of hydrogen-bond donors (Lipinski definition) is 3. The summed E-state index contributed by atoms with van der Waals surface area (Å²) in [7, 11) is 1.56. The summed E-state index contributed by atoms with van der Waals surface area (Å²) < 4.78 is 44.7. The van der Waals surface area contributed by atoms with Crippen molar-refractivity contribution in [3.63, 3.8) is 0 Å². The Morgan fingerprint density at radius 1 is 1.22 bits per heavy atom. The van der Waals surface area contributed by atoms with Crippen LogP contribution in [0.3, 0.4) is 0 Å². The summed E-state index contributed by atoms with van der Waals surface area (Å²) in [5, 5.41) is 9.68. The first-order valence-corrected chi connectivity index (χ1v) is 8.70. The number of halogens is 4. The highest BCUT2D eigenvalue weighted by Gasteiger charge is 2.30. The van der Waals surface area contributed by atoms with E-state index in [9.17, 15) is 13.2 Å². The van der Waals surface area contributed by atoms with E-state index in [1.165, 1.54) is 6.07 Å². The van der Waals surface area contributed by atoms with E-state index in [2.05, 4.69) is 36.4 Å². The maximum atomic E-state index is 12.9. The molecule has 1 heterocycles. The van der Waals surface area contributed by atoms with E-state index < -0.39 is 11.7 Å². The zero-order valence-electron chi connectivity index (χ0n) is 14.2. The number of hydrogen-bond acceptors (Lipinski definition) is 3. The molecular formula is C18H16BrF3N4O. The van der Waals surface area contributed by atoms with Crippen molar-refractivity contribution >= 4 is 32.7 Å². The molecule has 0 fully saturated rings. The van der Waals surface area contributed by atoms with Gasteiger partial charge in [-0.2, -0.15) is 13.2 Å². The van der Waals surface area contributed by atoms with E-state index >= 15 is 0 Å². The van der Waals surface area contributed by atoms with Gasteiger partial charge in [0.15, 0.2) is 0 Å². The second-order valence-corrected chi connectivity index (χ2v) is 6.50. The average Bonchev–Trinajstić information content (AvgIpc) is 2.62. The van der Waals surface area contributed by atoms with Crippen LogP contribution in [0.15, 0.2) is 53.3 Å². The van der Waals surface area contributed by atoms with Gasteiger partial charge in [0, 0.05) is 30.4 Å². The molecule has 0 saturated carbocycles. The van der Waals surface area contributed by atoms with E-state index in [0.717, 1.165) is 22.0 Å². The molecule has 0 aliphatic carbocycles. The van der Waals surface area contributed by atoms with Crippen molar-refractivity contribution in [3.8, 4) is 5.75 Å². The summed E-state index contributed by atoms with van der Waals surface area (Å²) in [6.45, 7) is 0.195. The number of benzene rings is 2. The molecule has 0 saturated heterocycles. The first kappa shape index (κ1) is 19.1. The Hall–Kier alpha value is -2.68. The van der Waals surface area contributed by atoms with Crippen LogP contribution in [-0.2, 0) is 12.7 Å². The van der Waals surface area contributed by atoms with Gasteiger partial charge < -0.3 is 15.2 Å². The van der Waals surface area contributed by atoms with Crippen molar-refractivity contribution in [1.82, 2.24) is 15.2 Å². The number of ether oxygens (including phenoxy) is 1. The highest BCUT2D eigenvalue weighted by molar-refractivity contribution is 9.10. The maximum Gasteiger partial charge on any atom is 0.416 e. The zero-order chi connectivity index (χ0) is 19.4. The number of alkyl halides is 3. The largest absolute Gasteiger partial charge is 0.495 e. The summed E-state index contributed by atoms with van der Waals surface area (Å²) >= 11 is 3.44. The lowest BCUT2D eigenvalue weighted by Gasteiger charge is -2.12. The molecule has 1 aromatic heterocycles. The number of rotatable bonds is 4. The predicted molar refractivity (Wildman–Crippen MR) is 101 cm³/mol. The lowest BCUT2D eigenvalue weighted by atomic mass is 10.1. The van der Waals surface area contributed by atoms with Gasteiger partial charge in [0.2, 0.25) is 0 Å². The standard InChI is InChI=1S/C18H16BrF3N4O/c1-27-16-9-15-13(8-14(16)19)17(26-25-6-5-23-15)24-10-11-3-2-4-12(7-11)18(20,21)22/h2-9,24-26H,10H2,1H3. The molecule has 0 aliphatic rings. The summed E-state index contributed by atoms with van der Waals surface area (Å²) in [4.78, 5) is 4.35. The van der Waals surface area contributed by atoms with Crippen molar-refractivity contribution in [2.45, 2.75) is 12.7 Å². The van der Waals surface area contributed by atoms with Crippen LogP contribution in [0.4, 0.5) is 19.0 Å². The summed E-state index contributed by atoms with van der Waals surface area (Å²) in [6.07, 6.45) is -1.19. The highest BCUT2D eigenvalue weighted by Crippen LogP contribution is 2.32. The van der Waals surface area contributed by atoms with Crippen molar-refractivity contribution in [1.29, 1.82) is 0 Å². The molecule has 0 atom stereocenters. The predicted octanol–water partition coefficient (Wildman–Crippen LogP) is 5.42. The lowest BCUT2D eigenvalue weighted by molar-refractivity contribution is -0.137. The molecule has 3 N–H and O–H groups in total. The third-order valence-electron chi connectivity index (χ3n) is 3.83. The van der Waals surface area contributed by atoms with Gasteiger partial charge in [0.05, 0.1) is 22.7 Å². The number of aromatic amines is 2. The zero-order valence-corrected chi connectivity index (χ0v) is 15.8. The van der Waals surface area contributed by atoms with Crippen LogP contribution in [0.5, 0.6) is 5.75 Å². The number of anilines is 1. The lowest BCUT2D eigenvalue weighted by Crippen LogP contribution is -2.07. The van der Waals surface area contributed by atoms with Crippen molar-refractivity contribution in [3.05, 3.63) is 64.4 Å². The van der Waals surface area contributed by atoms with Crippen LogP contribution in [0.1, 0.15) is 11.1 Å². The Balaban J connectivity index is 1.98. The van der Waals surface area contributed by atoms with Crippen LogP contribution >= 0.6 is 15.9 Å². The minimum atomic E-state index is -4.37. The molecule has 0 radical (unpaired) electrons. The first-order valence-electron chi connectivity index (χ1n) is 7.91. The van der Waals surface area contributed by atoms with Crippen LogP contribution in [0.25, 0.3) is 10.9 Å². The first-order chi connectivity index (χ1) is 12.9.